The third kappa shape index (κ3) is 4.74. The van der Waals surface area contributed by atoms with E-state index in [4.69, 9.17) is 14.0 Å². The maximum Gasteiger partial charge on any atom is 0.330 e. The molecule has 0 spiro atoms. The Labute approximate surface area is 183 Å². The van der Waals surface area contributed by atoms with Gasteiger partial charge in [-0.2, -0.15) is 0 Å². The standard InChI is InChI=1S/C19H17BrFN5O5/c1-2-14(19(27)28)26-23-18(22-25-26)16-9-17(24-31-16)30-12-5-4-11(8-12)29-15-7-10(21)3-6-13(15)20/h3-7,9,11-12,14H,2,8H2,1H3,(H,27,28)/t11-,12-,14?/m1/s1. The summed E-state index contributed by atoms with van der Waals surface area (Å²) < 4.78 is 30.9. The summed E-state index contributed by atoms with van der Waals surface area (Å²) in [6.07, 6.45) is 3.83. The summed E-state index contributed by atoms with van der Waals surface area (Å²) in [6.45, 7) is 1.71. The second-order valence-corrected chi connectivity index (χ2v) is 7.59. The summed E-state index contributed by atoms with van der Waals surface area (Å²) in [7, 11) is 0. The monoisotopic (exact) mass is 493 g/mol. The zero-order chi connectivity index (χ0) is 22.0. The van der Waals surface area contributed by atoms with Crippen molar-refractivity contribution < 1.29 is 28.3 Å². The second-order valence-electron chi connectivity index (χ2n) is 6.73. The zero-order valence-electron chi connectivity index (χ0n) is 16.2. The van der Waals surface area contributed by atoms with E-state index in [1.807, 2.05) is 12.2 Å². The highest BCUT2D eigenvalue weighted by atomic mass is 79.9. The van der Waals surface area contributed by atoms with Crippen LogP contribution >= 0.6 is 15.9 Å². The third-order valence-corrected chi connectivity index (χ3v) is 5.19. The molecule has 0 saturated heterocycles. The van der Waals surface area contributed by atoms with Gasteiger partial charge in [-0.05, 0) is 57.0 Å². The molecule has 3 atom stereocenters. The van der Waals surface area contributed by atoms with Crippen LogP contribution in [0.3, 0.4) is 0 Å². The number of halogens is 2. The molecule has 0 saturated carbocycles. The van der Waals surface area contributed by atoms with E-state index in [1.54, 1.807) is 13.0 Å². The average Bonchev–Trinajstić information content (AvgIpc) is 3.47. The first kappa shape index (κ1) is 21.0. The van der Waals surface area contributed by atoms with Gasteiger partial charge in [-0.15, -0.1) is 15.0 Å². The summed E-state index contributed by atoms with van der Waals surface area (Å²) in [5.74, 6) is -0.537. The van der Waals surface area contributed by atoms with Gasteiger partial charge in [-0.1, -0.05) is 6.92 Å². The van der Waals surface area contributed by atoms with Gasteiger partial charge < -0.3 is 19.1 Å². The normalized spacial score (nSPS) is 18.8. The molecule has 1 aromatic carbocycles. The van der Waals surface area contributed by atoms with Crippen molar-refractivity contribution in [2.24, 2.45) is 0 Å². The fourth-order valence-corrected chi connectivity index (χ4v) is 3.35. The van der Waals surface area contributed by atoms with Crippen LogP contribution in [-0.2, 0) is 4.79 Å². The highest BCUT2D eigenvalue weighted by Crippen LogP contribution is 2.30. The van der Waals surface area contributed by atoms with Gasteiger partial charge in [-0.3, -0.25) is 0 Å². The van der Waals surface area contributed by atoms with Crippen LogP contribution in [0.4, 0.5) is 4.39 Å². The lowest BCUT2D eigenvalue weighted by molar-refractivity contribution is -0.141. The number of carboxylic acids is 1. The SMILES string of the molecule is CCC(C(=O)O)n1nnc(-c2cc(O[C@@H]3C=C[C@@H](Oc4cc(F)ccc4Br)C3)no2)n1. The fraction of sp³-hybridized carbons (Fsp3) is 0.316. The second kappa shape index (κ2) is 8.84. The van der Waals surface area contributed by atoms with E-state index in [0.29, 0.717) is 23.1 Å². The molecule has 0 radical (unpaired) electrons. The zero-order valence-corrected chi connectivity index (χ0v) is 17.8. The number of carbonyl (C=O) groups is 1. The van der Waals surface area contributed by atoms with Crippen molar-refractivity contribution in [3.05, 3.63) is 46.7 Å². The highest BCUT2D eigenvalue weighted by molar-refractivity contribution is 9.10. The number of aromatic nitrogens is 5. The predicted molar refractivity (Wildman–Crippen MR) is 107 cm³/mol. The first-order valence-electron chi connectivity index (χ1n) is 9.39. The summed E-state index contributed by atoms with van der Waals surface area (Å²) in [4.78, 5) is 12.2. The Morgan fingerprint density at radius 3 is 2.87 bits per heavy atom. The van der Waals surface area contributed by atoms with Gasteiger partial charge in [0.15, 0.2) is 6.04 Å². The van der Waals surface area contributed by atoms with Gasteiger partial charge in [0, 0.05) is 12.5 Å². The summed E-state index contributed by atoms with van der Waals surface area (Å²) in [5, 5.41) is 24.7. The fourth-order valence-electron chi connectivity index (χ4n) is 3.01. The predicted octanol–water partition coefficient (Wildman–Crippen LogP) is 3.42. The van der Waals surface area contributed by atoms with E-state index >= 15 is 0 Å². The molecule has 2 heterocycles. The maximum atomic E-state index is 13.4. The van der Waals surface area contributed by atoms with Crippen molar-refractivity contribution in [1.29, 1.82) is 0 Å². The Balaban J connectivity index is 1.37. The minimum atomic E-state index is -1.05. The van der Waals surface area contributed by atoms with Crippen molar-refractivity contribution in [3.8, 4) is 23.2 Å². The van der Waals surface area contributed by atoms with Gasteiger partial charge in [0.25, 0.3) is 5.88 Å². The van der Waals surface area contributed by atoms with E-state index in [-0.39, 0.29) is 35.5 Å². The molecule has 162 valence electrons. The van der Waals surface area contributed by atoms with E-state index in [0.717, 1.165) is 4.80 Å². The van der Waals surface area contributed by atoms with Gasteiger partial charge >= 0.3 is 5.97 Å². The maximum absolute atomic E-state index is 13.4. The number of rotatable bonds is 8. The van der Waals surface area contributed by atoms with Gasteiger partial charge in [0.1, 0.15) is 23.8 Å². The molecule has 0 fully saturated rings. The summed E-state index contributed by atoms with van der Waals surface area (Å²) in [5.41, 5.74) is 0. The number of hydrogen-bond donors (Lipinski definition) is 1. The van der Waals surface area contributed by atoms with Crippen LogP contribution in [0.15, 0.2) is 45.4 Å². The number of benzene rings is 1. The molecule has 1 aliphatic carbocycles. The Morgan fingerprint density at radius 2 is 2.13 bits per heavy atom. The van der Waals surface area contributed by atoms with Crippen molar-refractivity contribution >= 4 is 21.9 Å². The minimum absolute atomic E-state index is 0.0983. The molecular weight excluding hydrogens is 477 g/mol. The Morgan fingerprint density at radius 1 is 1.35 bits per heavy atom. The third-order valence-electron chi connectivity index (χ3n) is 4.54. The van der Waals surface area contributed by atoms with Crippen LogP contribution in [-0.4, -0.2) is 48.6 Å². The molecule has 3 aromatic rings. The van der Waals surface area contributed by atoms with Crippen LogP contribution in [0.1, 0.15) is 25.8 Å². The van der Waals surface area contributed by atoms with Crippen molar-refractivity contribution in [1.82, 2.24) is 25.4 Å². The molecule has 4 rings (SSSR count). The van der Waals surface area contributed by atoms with Crippen LogP contribution in [0.5, 0.6) is 11.6 Å². The molecule has 0 amide bonds. The largest absolute Gasteiger partial charge is 0.485 e. The molecule has 10 nitrogen and oxygen atoms in total. The minimum Gasteiger partial charge on any atom is -0.485 e. The van der Waals surface area contributed by atoms with Crippen molar-refractivity contribution in [3.63, 3.8) is 0 Å². The molecule has 12 heteroatoms. The quantitative estimate of drug-likeness (QED) is 0.469. The Bertz CT molecular complexity index is 1120. The number of tetrazole rings is 1. The average molecular weight is 494 g/mol. The lowest BCUT2D eigenvalue weighted by atomic mass is 10.2. The molecule has 0 aliphatic heterocycles. The smallest absolute Gasteiger partial charge is 0.330 e. The van der Waals surface area contributed by atoms with Crippen molar-refractivity contribution in [2.75, 3.05) is 0 Å². The van der Waals surface area contributed by atoms with E-state index in [1.165, 1.54) is 18.2 Å². The Kier molecular flexibility index (Phi) is 5.98. The molecule has 1 N–H and O–H groups in total. The van der Waals surface area contributed by atoms with Crippen LogP contribution in [0.25, 0.3) is 11.6 Å². The van der Waals surface area contributed by atoms with Crippen LogP contribution in [0.2, 0.25) is 0 Å². The number of ether oxygens (including phenoxy) is 2. The number of hydrogen-bond acceptors (Lipinski definition) is 8. The van der Waals surface area contributed by atoms with Crippen LogP contribution < -0.4 is 9.47 Å². The first-order valence-corrected chi connectivity index (χ1v) is 10.2. The summed E-state index contributed by atoms with van der Waals surface area (Å²) >= 11 is 3.33. The molecule has 0 bridgehead atoms. The molecule has 1 unspecified atom stereocenters. The lowest BCUT2D eigenvalue weighted by Crippen LogP contribution is -2.20. The van der Waals surface area contributed by atoms with E-state index in [9.17, 15) is 14.3 Å². The molecule has 31 heavy (non-hydrogen) atoms. The van der Waals surface area contributed by atoms with Gasteiger partial charge in [0.05, 0.1) is 10.5 Å². The topological polar surface area (TPSA) is 125 Å². The van der Waals surface area contributed by atoms with Crippen LogP contribution in [0, 0.1) is 5.82 Å². The van der Waals surface area contributed by atoms with Gasteiger partial charge in [-0.25, -0.2) is 9.18 Å². The molecule has 2 aromatic heterocycles. The highest BCUT2D eigenvalue weighted by Gasteiger charge is 2.25. The number of aliphatic carboxylic acids is 1. The molecule has 1 aliphatic rings. The Hall–Kier alpha value is -3.28. The summed E-state index contributed by atoms with van der Waals surface area (Å²) in [6, 6.07) is 4.81. The van der Waals surface area contributed by atoms with Gasteiger partial charge in [0.2, 0.25) is 11.6 Å². The first-order chi connectivity index (χ1) is 14.9. The molecular formula is C19H17BrFN5O5. The lowest BCUT2D eigenvalue weighted by Gasteiger charge is -2.15. The van der Waals surface area contributed by atoms with Crippen molar-refractivity contribution in [2.45, 2.75) is 38.0 Å². The van der Waals surface area contributed by atoms with E-state index in [2.05, 4.69) is 36.5 Å². The number of nitrogens with zero attached hydrogens (tertiary/aromatic N) is 5. The van der Waals surface area contributed by atoms with E-state index < -0.39 is 12.0 Å². The number of carboxylic acid groups (broad SMARTS) is 1.